The summed E-state index contributed by atoms with van der Waals surface area (Å²) >= 11 is 0. The number of rotatable bonds is 6. The van der Waals surface area contributed by atoms with Gasteiger partial charge in [0.2, 0.25) is 17.5 Å². The Morgan fingerprint density at radius 2 is 1.76 bits per heavy atom. The van der Waals surface area contributed by atoms with Gasteiger partial charge in [-0.05, 0) is 48.4 Å². The van der Waals surface area contributed by atoms with E-state index < -0.39 is 11.9 Å². The van der Waals surface area contributed by atoms with E-state index in [4.69, 9.17) is 4.74 Å². The van der Waals surface area contributed by atoms with Crippen LogP contribution in [-0.2, 0) is 22.7 Å². The van der Waals surface area contributed by atoms with Gasteiger partial charge in [-0.3, -0.25) is 24.7 Å². The van der Waals surface area contributed by atoms with Crippen LogP contribution in [0.25, 0.3) is 16.9 Å². The summed E-state index contributed by atoms with van der Waals surface area (Å²) in [6.07, 6.45) is 6.36. The van der Waals surface area contributed by atoms with Crippen molar-refractivity contribution >= 4 is 17.7 Å². The number of nitrogens with zero attached hydrogens (tertiary/aromatic N) is 3. The zero-order chi connectivity index (χ0) is 26.1. The number of amides is 3. The van der Waals surface area contributed by atoms with Gasteiger partial charge in [0, 0.05) is 53.6 Å². The average molecular weight is 506 g/mol. The number of fused-ring (bicyclic) bond motifs is 1. The number of ether oxygens (including phenoxy) is 1. The Bertz CT molecular complexity index is 1520. The number of benzene rings is 2. The van der Waals surface area contributed by atoms with Crippen LogP contribution in [0.3, 0.4) is 0 Å². The van der Waals surface area contributed by atoms with Crippen molar-refractivity contribution < 1.29 is 23.7 Å². The molecule has 0 saturated carbocycles. The molecule has 1 fully saturated rings. The van der Waals surface area contributed by atoms with Crippen molar-refractivity contribution in [2.45, 2.75) is 32.0 Å². The predicted octanol–water partition coefficient (Wildman–Crippen LogP) is 3.37. The number of piperidine rings is 1. The van der Waals surface area contributed by atoms with Crippen LogP contribution in [0.15, 0.2) is 91.4 Å². The highest BCUT2D eigenvalue weighted by Gasteiger charge is 2.40. The Hall–Kier alpha value is -4.85. The molecule has 0 spiro atoms. The van der Waals surface area contributed by atoms with Crippen molar-refractivity contribution in [3.05, 3.63) is 108 Å². The lowest BCUT2D eigenvalue weighted by molar-refractivity contribution is -0.595. The molecular weight excluding hydrogens is 480 g/mol. The van der Waals surface area contributed by atoms with Gasteiger partial charge >= 0.3 is 0 Å². The molecule has 0 bridgehead atoms. The molecule has 8 nitrogen and oxygen atoms in total. The lowest BCUT2D eigenvalue weighted by atomic mass is 10.0. The minimum absolute atomic E-state index is 0.213. The molecule has 0 aliphatic carbocycles. The van der Waals surface area contributed by atoms with Crippen LogP contribution >= 0.6 is 0 Å². The van der Waals surface area contributed by atoms with E-state index in [9.17, 15) is 14.4 Å². The maximum absolute atomic E-state index is 13.0. The Balaban J connectivity index is 1.13. The van der Waals surface area contributed by atoms with Gasteiger partial charge in [0.25, 0.3) is 5.91 Å². The third-order valence-electron chi connectivity index (χ3n) is 6.96. The first kappa shape index (κ1) is 23.5. The van der Waals surface area contributed by atoms with E-state index in [0.717, 1.165) is 28.1 Å². The highest BCUT2D eigenvalue weighted by atomic mass is 16.5. The van der Waals surface area contributed by atoms with Crippen LogP contribution < -0.4 is 14.6 Å². The van der Waals surface area contributed by atoms with Gasteiger partial charge in [-0.15, -0.1) is 0 Å². The standard InChI is InChI=1S/C30H24N4O4/c35-28-12-11-26(29(36)32-28)34-18-24-23(30(34)37)4-3-6-27(24)38-19-20-7-9-22(10-8-20)33-16-13-21(14-17-33)25-5-1-2-15-31-25/h1-10,13-17,26H,11-12,18-19H2/p+1. The summed E-state index contributed by atoms with van der Waals surface area (Å²) in [7, 11) is 0. The molecule has 2 aromatic heterocycles. The summed E-state index contributed by atoms with van der Waals surface area (Å²) in [6, 6.07) is 22.7. The molecule has 1 atom stereocenters. The first-order valence-electron chi connectivity index (χ1n) is 12.5. The number of carbonyl (C=O) groups is 3. The molecule has 8 heteroatoms. The summed E-state index contributed by atoms with van der Waals surface area (Å²) in [5, 5.41) is 2.33. The van der Waals surface area contributed by atoms with Gasteiger partial charge in [0.15, 0.2) is 12.4 Å². The number of aromatic nitrogens is 2. The maximum Gasteiger partial charge on any atom is 0.255 e. The Labute approximate surface area is 219 Å². The quantitative estimate of drug-likeness (QED) is 0.321. The summed E-state index contributed by atoms with van der Waals surface area (Å²) in [5.41, 5.74) is 5.30. The van der Waals surface area contributed by atoms with Crippen LogP contribution in [0.1, 0.15) is 34.3 Å². The zero-order valence-electron chi connectivity index (χ0n) is 20.5. The Kier molecular flexibility index (Phi) is 6.13. The van der Waals surface area contributed by atoms with Crippen LogP contribution in [0.2, 0.25) is 0 Å². The number of hydrogen-bond acceptors (Lipinski definition) is 5. The van der Waals surface area contributed by atoms with E-state index in [0.29, 0.717) is 24.3 Å². The van der Waals surface area contributed by atoms with Gasteiger partial charge in [-0.2, -0.15) is 4.57 Å². The van der Waals surface area contributed by atoms with Gasteiger partial charge in [-0.1, -0.05) is 12.1 Å². The SMILES string of the molecule is O=C1CCC(N2Cc3c(OCc4ccc(-[n+]5ccc(-c6ccccn6)cc5)cc4)cccc3C2=O)C(=O)N1. The fraction of sp³-hybridized carbons (Fsp3) is 0.167. The fourth-order valence-corrected chi connectivity index (χ4v) is 4.92. The van der Waals surface area contributed by atoms with Crippen molar-refractivity contribution in [3.63, 3.8) is 0 Å². The molecular formula is C30H25N4O4+. The second-order valence-corrected chi connectivity index (χ2v) is 9.35. The van der Waals surface area contributed by atoms with Crippen molar-refractivity contribution in [1.29, 1.82) is 0 Å². The molecule has 2 aliphatic heterocycles. The lowest BCUT2D eigenvalue weighted by Crippen LogP contribution is -2.52. The van der Waals surface area contributed by atoms with Crippen LogP contribution in [0, 0.1) is 0 Å². The van der Waals surface area contributed by atoms with Gasteiger partial charge in [-0.25, -0.2) is 0 Å². The average Bonchev–Trinajstić information content (AvgIpc) is 3.29. The van der Waals surface area contributed by atoms with Gasteiger partial charge in [0.1, 0.15) is 18.4 Å². The molecule has 2 aliphatic rings. The summed E-state index contributed by atoms with van der Waals surface area (Å²) < 4.78 is 8.16. The molecule has 1 N–H and O–H groups in total. The fourth-order valence-electron chi connectivity index (χ4n) is 4.92. The number of pyridine rings is 2. The molecule has 1 unspecified atom stereocenters. The van der Waals surface area contributed by atoms with Crippen molar-refractivity contribution in [3.8, 4) is 22.7 Å². The first-order valence-corrected chi connectivity index (χ1v) is 12.5. The maximum atomic E-state index is 13.0. The monoisotopic (exact) mass is 505 g/mol. The second kappa shape index (κ2) is 9.89. The molecule has 4 heterocycles. The first-order chi connectivity index (χ1) is 18.6. The van der Waals surface area contributed by atoms with E-state index >= 15 is 0 Å². The number of hydrogen-bond donors (Lipinski definition) is 1. The van der Waals surface area contributed by atoms with Gasteiger partial charge in [0.05, 0.1) is 12.2 Å². The minimum atomic E-state index is -0.650. The van der Waals surface area contributed by atoms with E-state index in [1.165, 1.54) is 4.90 Å². The molecule has 38 heavy (non-hydrogen) atoms. The van der Waals surface area contributed by atoms with E-state index in [-0.39, 0.29) is 24.8 Å². The molecule has 4 aromatic rings. The van der Waals surface area contributed by atoms with Crippen LogP contribution in [0.4, 0.5) is 0 Å². The summed E-state index contributed by atoms with van der Waals surface area (Å²) in [6.45, 7) is 0.618. The normalized spacial score (nSPS) is 16.8. The number of nitrogens with one attached hydrogen (secondary N) is 1. The molecule has 6 rings (SSSR count). The van der Waals surface area contributed by atoms with E-state index in [1.54, 1.807) is 18.3 Å². The number of imide groups is 1. The minimum Gasteiger partial charge on any atom is -0.489 e. The van der Waals surface area contributed by atoms with Crippen molar-refractivity contribution in [1.82, 2.24) is 15.2 Å². The van der Waals surface area contributed by atoms with E-state index in [1.807, 2.05) is 77.6 Å². The second-order valence-electron chi connectivity index (χ2n) is 9.35. The zero-order valence-corrected chi connectivity index (χ0v) is 20.5. The highest BCUT2D eigenvalue weighted by molar-refractivity contribution is 6.05. The Morgan fingerprint density at radius 1 is 0.947 bits per heavy atom. The highest BCUT2D eigenvalue weighted by Crippen LogP contribution is 2.34. The van der Waals surface area contributed by atoms with Crippen LogP contribution in [0.5, 0.6) is 5.75 Å². The van der Waals surface area contributed by atoms with Crippen LogP contribution in [-0.4, -0.2) is 33.6 Å². The summed E-state index contributed by atoms with van der Waals surface area (Å²) in [4.78, 5) is 42.8. The number of carbonyl (C=O) groups excluding carboxylic acids is 3. The third kappa shape index (κ3) is 4.52. The molecule has 0 radical (unpaired) electrons. The summed E-state index contributed by atoms with van der Waals surface area (Å²) in [5.74, 6) is -0.316. The third-order valence-corrected chi connectivity index (χ3v) is 6.96. The van der Waals surface area contributed by atoms with Crippen molar-refractivity contribution in [2.75, 3.05) is 0 Å². The Morgan fingerprint density at radius 3 is 2.50 bits per heavy atom. The molecule has 3 amide bonds. The van der Waals surface area contributed by atoms with E-state index in [2.05, 4.69) is 10.3 Å². The molecule has 1 saturated heterocycles. The topological polar surface area (TPSA) is 92.5 Å². The molecule has 188 valence electrons. The van der Waals surface area contributed by atoms with Gasteiger partial charge < -0.3 is 9.64 Å². The smallest absolute Gasteiger partial charge is 0.255 e. The molecule has 2 aromatic carbocycles. The predicted molar refractivity (Wildman–Crippen MR) is 138 cm³/mol. The van der Waals surface area contributed by atoms with Crippen molar-refractivity contribution in [2.24, 2.45) is 0 Å². The largest absolute Gasteiger partial charge is 0.489 e. The lowest BCUT2D eigenvalue weighted by Gasteiger charge is -2.29.